The minimum absolute atomic E-state index is 0.130. The monoisotopic (exact) mass is 496 g/mol. The van der Waals surface area contributed by atoms with Crippen LogP contribution in [0.25, 0.3) is 11.0 Å². The van der Waals surface area contributed by atoms with Crippen LogP contribution in [-0.4, -0.2) is 45.2 Å². The molecule has 10 nitrogen and oxygen atoms in total. The van der Waals surface area contributed by atoms with Crippen molar-refractivity contribution in [1.82, 2.24) is 9.55 Å². The summed E-state index contributed by atoms with van der Waals surface area (Å²) < 4.78 is 17.6. The number of benzene rings is 1. The average molecular weight is 497 g/mol. The summed E-state index contributed by atoms with van der Waals surface area (Å²) in [5.74, 6) is 6.42. The fraction of sp³-hybridized carbons (Fsp3) is 0.423. The van der Waals surface area contributed by atoms with Crippen LogP contribution >= 0.6 is 0 Å². The van der Waals surface area contributed by atoms with Gasteiger partial charge in [-0.05, 0) is 31.0 Å². The zero-order valence-corrected chi connectivity index (χ0v) is 19.6. The Morgan fingerprint density at radius 2 is 1.92 bits per heavy atom. The number of aliphatic hydroxyl groups is 2. The summed E-state index contributed by atoms with van der Waals surface area (Å²) in [6.07, 6.45) is 3.20. The van der Waals surface area contributed by atoms with Crippen LogP contribution in [0.15, 0.2) is 55.3 Å². The van der Waals surface area contributed by atoms with E-state index in [4.69, 9.17) is 13.9 Å². The first-order valence-corrected chi connectivity index (χ1v) is 11.9. The molecule has 2 aromatic heterocycles. The molecule has 10 heteroatoms. The number of ether oxygens (including phenoxy) is 2. The lowest BCUT2D eigenvalue weighted by atomic mass is 10.1. The van der Waals surface area contributed by atoms with E-state index < -0.39 is 35.3 Å². The van der Waals surface area contributed by atoms with Crippen LogP contribution < -0.4 is 21.6 Å². The van der Waals surface area contributed by atoms with E-state index in [2.05, 4.69) is 16.8 Å². The zero-order chi connectivity index (χ0) is 25.5. The van der Waals surface area contributed by atoms with Crippen molar-refractivity contribution in [2.24, 2.45) is 0 Å². The standard InChI is InChI=1S/C26H28N2O8/c29-16-22-20(30)14-23(35-22)28-15-18(25(32)27-26(28)33)7-5-3-1-2-4-6-12-34-19-10-8-17-9-11-24(31)36-21(17)13-19/h8-11,13,15,20,22-23,29-30H,1-4,6,12,14,16H2,(H,27,32,33)/t20-,22+,23+/m0/s1. The molecule has 0 unspecified atom stereocenters. The Balaban J connectivity index is 1.20. The lowest BCUT2D eigenvalue weighted by molar-refractivity contribution is -0.0459. The molecule has 1 saturated heterocycles. The Morgan fingerprint density at radius 1 is 1.11 bits per heavy atom. The number of aromatic amines is 1. The molecule has 0 bridgehead atoms. The van der Waals surface area contributed by atoms with E-state index in [0.29, 0.717) is 24.4 Å². The van der Waals surface area contributed by atoms with E-state index >= 15 is 0 Å². The van der Waals surface area contributed by atoms with Crippen molar-refractivity contribution in [3.8, 4) is 17.6 Å². The number of aliphatic hydroxyl groups excluding tert-OH is 2. The number of aromatic nitrogens is 2. The lowest BCUT2D eigenvalue weighted by Crippen LogP contribution is -2.33. The topological polar surface area (TPSA) is 144 Å². The summed E-state index contributed by atoms with van der Waals surface area (Å²) in [7, 11) is 0. The predicted octanol–water partition coefficient (Wildman–Crippen LogP) is 1.66. The van der Waals surface area contributed by atoms with Crippen molar-refractivity contribution in [3.05, 3.63) is 73.4 Å². The van der Waals surface area contributed by atoms with E-state index in [0.717, 1.165) is 31.1 Å². The van der Waals surface area contributed by atoms with E-state index in [1.54, 1.807) is 12.1 Å². The molecule has 3 aromatic rings. The third-order valence-corrected chi connectivity index (χ3v) is 5.94. The normalized spacial score (nSPS) is 19.2. The van der Waals surface area contributed by atoms with Gasteiger partial charge in [-0.2, -0.15) is 0 Å². The summed E-state index contributed by atoms with van der Waals surface area (Å²) in [5, 5.41) is 20.0. The summed E-state index contributed by atoms with van der Waals surface area (Å²) in [5.41, 5.74) is -0.994. The van der Waals surface area contributed by atoms with Gasteiger partial charge in [-0.15, -0.1) is 0 Å². The summed E-state index contributed by atoms with van der Waals surface area (Å²) >= 11 is 0. The van der Waals surface area contributed by atoms with Crippen LogP contribution in [-0.2, 0) is 4.74 Å². The molecule has 1 aromatic carbocycles. The van der Waals surface area contributed by atoms with Crippen LogP contribution in [0, 0.1) is 11.8 Å². The van der Waals surface area contributed by atoms with Gasteiger partial charge in [0.25, 0.3) is 5.56 Å². The minimum atomic E-state index is -0.895. The number of hydrogen-bond donors (Lipinski definition) is 3. The highest BCUT2D eigenvalue weighted by molar-refractivity contribution is 5.77. The lowest BCUT2D eigenvalue weighted by Gasteiger charge is -2.14. The maximum atomic E-state index is 12.2. The minimum Gasteiger partial charge on any atom is -0.493 e. The molecule has 36 heavy (non-hydrogen) atoms. The molecule has 1 aliphatic heterocycles. The Morgan fingerprint density at radius 3 is 2.72 bits per heavy atom. The molecule has 1 fully saturated rings. The Kier molecular flexibility index (Phi) is 8.38. The van der Waals surface area contributed by atoms with E-state index in [9.17, 15) is 24.6 Å². The third kappa shape index (κ3) is 6.31. The fourth-order valence-corrected chi connectivity index (χ4v) is 3.99. The van der Waals surface area contributed by atoms with Gasteiger partial charge in [0.15, 0.2) is 0 Å². The number of rotatable bonds is 9. The Hall–Kier alpha value is -3.65. The van der Waals surface area contributed by atoms with Crippen LogP contribution in [0.4, 0.5) is 0 Å². The highest BCUT2D eigenvalue weighted by Gasteiger charge is 2.35. The van der Waals surface area contributed by atoms with Gasteiger partial charge < -0.3 is 24.1 Å². The molecule has 3 atom stereocenters. The molecule has 3 heterocycles. The van der Waals surface area contributed by atoms with E-state index in [1.807, 2.05) is 12.1 Å². The first-order valence-electron chi connectivity index (χ1n) is 11.9. The number of unbranched alkanes of at least 4 members (excludes halogenated alkanes) is 4. The van der Waals surface area contributed by atoms with Gasteiger partial charge in [-0.3, -0.25) is 14.3 Å². The maximum Gasteiger partial charge on any atom is 0.336 e. The average Bonchev–Trinajstić information content (AvgIpc) is 3.24. The summed E-state index contributed by atoms with van der Waals surface area (Å²) in [4.78, 5) is 37.8. The van der Waals surface area contributed by atoms with Crippen LogP contribution in [0.3, 0.4) is 0 Å². The van der Waals surface area contributed by atoms with Crippen molar-refractivity contribution in [1.29, 1.82) is 0 Å². The number of fused-ring (bicyclic) bond motifs is 1. The number of nitrogens with zero attached hydrogens (tertiary/aromatic N) is 1. The van der Waals surface area contributed by atoms with Crippen LogP contribution in [0.5, 0.6) is 5.75 Å². The predicted molar refractivity (Wildman–Crippen MR) is 131 cm³/mol. The molecule has 190 valence electrons. The van der Waals surface area contributed by atoms with Crippen LogP contribution in [0.2, 0.25) is 0 Å². The second kappa shape index (κ2) is 11.9. The summed E-state index contributed by atoms with van der Waals surface area (Å²) in [6, 6.07) is 8.50. The molecule has 0 radical (unpaired) electrons. The molecule has 4 rings (SSSR count). The van der Waals surface area contributed by atoms with Crippen LogP contribution in [0.1, 0.15) is 50.3 Å². The molecular formula is C26H28N2O8. The van der Waals surface area contributed by atoms with Gasteiger partial charge in [0.05, 0.1) is 19.3 Å². The Labute approximate surface area is 206 Å². The first kappa shape index (κ1) is 25.4. The number of H-pyrrole nitrogens is 1. The van der Waals surface area contributed by atoms with Crippen molar-refractivity contribution < 1.29 is 24.1 Å². The van der Waals surface area contributed by atoms with Crippen molar-refractivity contribution in [3.63, 3.8) is 0 Å². The fourth-order valence-electron chi connectivity index (χ4n) is 3.99. The molecule has 0 amide bonds. The second-order valence-corrected chi connectivity index (χ2v) is 8.59. The smallest absolute Gasteiger partial charge is 0.336 e. The van der Waals surface area contributed by atoms with Gasteiger partial charge in [0.1, 0.15) is 29.2 Å². The first-order chi connectivity index (χ1) is 17.4. The van der Waals surface area contributed by atoms with Gasteiger partial charge in [0, 0.05) is 36.6 Å². The quantitative estimate of drug-likeness (QED) is 0.231. The second-order valence-electron chi connectivity index (χ2n) is 8.59. The molecule has 0 spiro atoms. The van der Waals surface area contributed by atoms with Crippen molar-refractivity contribution >= 4 is 11.0 Å². The molecule has 0 aliphatic carbocycles. The van der Waals surface area contributed by atoms with E-state index in [1.165, 1.54) is 16.8 Å². The summed E-state index contributed by atoms with van der Waals surface area (Å²) in [6.45, 7) is 0.178. The third-order valence-electron chi connectivity index (χ3n) is 5.94. The van der Waals surface area contributed by atoms with Gasteiger partial charge in [-0.1, -0.05) is 24.7 Å². The highest BCUT2D eigenvalue weighted by atomic mass is 16.5. The molecule has 3 N–H and O–H groups in total. The Bertz CT molecular complexity index is 1430. The maximum absolute atomic E-state index is 12.2. The van der Waals surface area contributed by atoms with Gasteiger partial charge in [-0.25, -0.2) is 9.59 Å². The van der Waals surface area contributed by atoms with Crippen molar-refractivity contribution in [2.75, 3.05) is 13.2 Å². The SMILES string of the molecule is O=c1ccc2ccc(OCCCCCCC#Cc3cn([C@H]4C[C@H](O)[C@@H](CO)O4)c(=O)[nH]c3=O)cc2o1. The zero-order valence-electron chi connectivity index (χ0n) is 19.6. The highest BCUT2D eigenvalue weighted by Crippen LogP contribution is 2.27. The molecular weight excluding hydrogens is 468 g/mol. The van der Waals surface area contributed by atoms with Crippen molar-refractivity contribution in [2.45, 2.75) is 57.0 Å². The van der Waals surface area contributed by atoms with Gasteiger partial charge >= 0.3 is 11.3 Å². The largest absolute Gasteiger partial charge is 0.493 e. The van der Waals surface area contributed by atoms with E-state index in [-0.39, 0.29) is 18.6 Å². The number of hydrogen-bond acceptors (Lipinski definition) is 8. The van der Waals surface area contributed by atoms with Gasteiger partial charge in [0.2, 0.25) is 0 Å². The molecule has 0 saturated carbocycles. The molecule has 1 aliphatic rings. The number of nitrogens with one attached hydrogen (secondary N) is 1.